The first-order valence-corrected chi connectivity index (χ1v) is 24.2. The summed E-state index contributed by atoms with van der Waals surface area (Å²) in [4.78, 5) is 2.56. The van der Waals surface area contributed by atoms with Crippen LogP contribution in [0.1, 0.15) is 43.2 Å². The molecule has 0 radical (unpaired) electrons. The van der Waals surface area contributed by atoms with E-state index in [1.807, 2.05) is 0 Å². The predicted molar refractivity (Wildman–Crippen MR) is 275 cm³/mol. The highest BCUT2D eigenvalue weighted by Crippen LogP contribution is 2.69. The van der Waals surface area contributed by atoms with Crippen molar-refractivity contribution in [1.29, 1.82) is 0 Å². The Balaban J connectivity index is 1.01. The number of fused-ring (bicyclic) bond motifs is 6. The van der Waals surface area contributed by atoms with Crippen molar-refractivity contribution in [3.05, 3.63) is 230 Å². The van der Waals surface area contributed by atoms with E-state index in [1.54, 1.807) is 11.1 Å². The fraction of sp³-hybridized carbons (Fsp3) is 0.156. The molecule has 66 heavy (non-hydrogen) atoms. The molecule has 2 nitrogen and oxygen atoms in total. The van der Waals surface area contributed by atoms with Gasteiger partial charge >= 0.3 is 0 Å². The van der Waals surface area contributed by atoms with Crippen molar-refractivity contribution in [3.8, 4) is 50.2 Å². The Labute approximate surface area is 387 Å². The van der Waals surface area contributed by atoms with Gasteiger partial charge in [0.1, 0.15) is 0 Å². The molecule has 0 saturated heterocycles. The van der Waals surface area contributed by atoms with E-state index in [0.29, 0.717) is 0 Å². The van der Waals surface area contributed by atoms with Crippen LogP contribution >= 0.6 is 0 Å². The van der Waals surface area contributed by atoms with Crippen molar-refractivity contribution in [2.45, 2.75) is 37.5 Å². The van der Waals surface area contributed by atoms with Crippen molar-refractivity contribution in [2.75, 3.05) is 4.90 Å². The van der Waals surface area contributed by atoms with Gasteiger partial charge in [-0.2, -0.15) is 0 Å². The molecular weight excluding hydrogens is 797 g/mol. The lowest BCUT2D eigenvalue weighted by molar-refractivity contribution is -0.0399. The molecule has 4 saturated carbocycles. The molecule has 1 spiro atoms. The molecule has 316 valence electrons. The number of hydrogen-bond donors (Lipinski definition) is 0. The fourth-order valence-corrected chi connectivity index (χ4v) is 14.1. The molecular formula is C64H50N2. The van der Waals surface area contributed by atoms with Crippen LogP contribution in [0.4, 0.5) is 17.1 Å². The highest BCUT2D eigenvalue weighted by molar-refractivity contribution is 6.11. The second-order valence-corrected chi connectivity index (χ2v) is 19.6. The summed E-state index contributed by atoms with van der Waals surface area (Å²) in [6.45, 7) is 0. The van der Waals surface area contributed by atoms with Crippen LogP contribution in [0.25, 0.3) is 72.0 Å². The molecule has 9 aromatic carbocycles. The molecule has 5 aliphatic rings. The minimum Gasteiger partial charge on any atom is -0.310 e. The quantitative estimate of drug-likeness (QED) is 0.155. The molecule has 4 bridgehead atoms. The van der Waals surface area contributed by atoms with Crippen molar-refractivity contribution >= 4 is 38.9 Å². The molecule has 4 fully saturated rings. The Kier molecular flexibility index (Phi) is 8.50. The summed E-state index contributed by atoms with van der Waals surface area (Å²) in [7, 11) is 0. The fourth-order valence-electron chi connectivity index (χ4n) is 14.1. The van der Waals surface area contributed by atoms with E-state index >= 15 is 0 Å². The second-order valence-electron chi connectivity index (χ2n) is 19.6. The van der Waals surface area contributed by atoms with Gasteiger partial charge in [-0.05, 0) is 154 Å². The van der Waals surface area contributed by atoms with Gasteiger partial charge < -0.3 is 9.47 Å². The molecule has 1 aromatic heterocycles. The zero-order chi connectivity index (χ0) is 43.3. The summed E-state index contributed by atoms with van der Waals surface area (Å²) in [5.41, 5.74) is 20.5. The molecule has 1 heterocycles. The van der Waals surface area contributed by atoms with E-state index in [0.717, 1.165) is 40.7 Å². The van der Waals surface area contributed by atoms with E-state index in [9.17, 15) is 0 Å². The van der Waals surface area contributed by atoms with Gasteiger partial charge in [0, 0.05) is 38.8 Å². The zero-order valence-corrected chi connectivity index (χ0v) is 37.0. The van der Waals surface area contributed by atoms with Crippen LogP contribution in [0, 0.1) is 23.7 Å². The van der Waals surface area contributed by atoms with Gasteiger partial charge in [0.15, 0.2) is 0 Å². The molecule has 15 rings (SSSR count). The minimum atomic E-state index is 0.112. The third kappa shape index (κ3) is 5.54. The highest BCUT2D eigenvalue weighted by atomic mass is 15.1. The lowest BCUT2D eigenvalue weighted by Gasteiger charge is -2.61. The van der Waals surface area contributed by atoms with Crippen LogP contribution in [0.15, 0.2) is 218 Å². The van der Waals surface area contributed by atoms with Gasteiger partial charge in [-0.3, -0.25) is 0 Å². The standard InChI is InChI=1S/C64H50N2/c1-3-17-44(18-4-1)50-21-7-8-22-51(50)52-23-9-10-24-53(52)55-26-12-15-29-61(55)65(49-31-33-57-56-27-13-16-30-62(56)66(63(57)41-49)47-19-5-2-6-20-47)48-32-34-60-58(40-48)54-25-11-14-28-59(54)64(60)45-36-42-35-43(38-45)39-46(64)37-42/h1-34,40-43,45-46H,35-39H2. The van der Waals surface area contributed by atoms with Crippen molar-refractivity contribution in [2.24, 2.45) is 23.7 Å². The van der Waals surface area contributed by atoms with Crippen LogP contribution in [0.3, 0.4) is 0 Å². The highest BCUT2D eigenvalue weighted by Gasteiger charge is 2.61. The predicted octanol–water partition coefficient (Wildman–Crippen LogP) is 17.0. The summed E-state index contributed by atoms with van der Waals surface area (Å²) in [5.74, 6) is 3.25. The number of hydrogen-bond acceptors (Lipinski definition) is 1. The third-order valence-electron chi connectivity index (χ3n) is 16.4. The smallest absolute Gasteiger partial charge is 0.0561 e. The number of aromatic nitrogens is 1. The Morgan fingerprint density at radius 1 is 0.364 bits per heavy atom. The zero-order valence-electron chi connectivity index (χ0n) is 37.0. The summed E-state index contributed by atoms with van der Waals surface area (Å²) in [6, 6.07) is 81.9. The van der Waals surface area contributed by atoms with Crippen molar-refractivity contribution in [3.63, 3.8) is 0 Å². The lowest BCUT2D eigenvalue weighted by Crippen LogP contribution is -2.55. The average Bonchev–Trinajstić information content (AvgIpc) is 3.86. The van der Waals surface area contributed by atoms with Crippen molar-refractivity contribution < 1.29 is 0 Å². The first kappa shape index (κ1) is 37.9. The number of rotatable bonds is 7. The molecule has 2 heteroatoms. The molecule has 10 aromatic rings. The first-order valence-electron chi connectivity index (χ1n) is 24.2. The topological polar surface area (TPSA) is 8.17 Å². The molecule has 0 amide bonds. The van der Waals surface area contributed by atoms with E-state index in [-0.39, 0.29) is 5.41 Å². The van der Waals surface area contributed by atoms with E-state index in [4.69, 9.17) is 0 Å². The van der Waals surface area contributed by atoms with Gasteiger partial charge in [0.25, 0.3) is 0 Å². The normalized spacial score (nSPS) is 21.1. The summed E-state index contributed by atoms with van der Waals surface area (Å²) >= 11 is 0. The van der Waals surface area contributed by atoms with Crippen LogP contribution in [-0.2, 0) is 5.41 Å². The maximum absolute atomic E-state index is 2.58. The van der Waals surface area contributed by atoms with Gasteiger partial charge in [-0.25, -0.2) is 0 Å². The Morgan fingerprint density at radius 2 is 0.879 bits per heavy atom. The number of benzene rings is 9. The minimum absolute atomic E-state index is 0.112. The number of nitrogens with zero attached hydrogens (tertiary/aromatic N) is 2. The SMILES string of the molecule is c1ccc(-c2ccccc2-c2ccccc2-c2ccccc2N(c2ccc3c(c2)-c2ccccc2C32C3CC4CC(C3)CC2C4)c2ccc3c4ccccc4n(-c4ccccc4)c3c2)cc1. The number of anilines is 3. The van der Waals surface area contributed by atoms with Gasteiger partial charge in [0.05, 0.1) is 16.7 Å². The summed E-state index contributed by atoms with van der Waals surface area (Å²) < 4.78 is 2.45. The molecule has 0 N–H and O–H groups in total. The van der Waals surface area contributed by atoms with Gasteiger partial charge in [-0.15, -0.1) is 0 Å². The Bertz CT molecular complexity index is 3480. The van der Waals surface area contributed by atoms with E-state index in [1.165, 1.54) is 104 Å². The van der Waals surface area contributed by atoms with Gasteiger partial charge in [0.2, 0.25) is 0 Å². The third-order valence-corrected chi connectivity index (χ3v) is 16.4. The monoisotopic (exact) mass is 846 g/mol. The molecule has 0 atom stereocenters. The Hall–Kier alpha value is -7.42. The second kappa shape index (κ2) is 14.8. The van der Waals surface area contributed by atoms with Crippen LogP contribution in [0.5, 0.6) is 0 Å². The van der Waals surface area contributed by atoms with Gasteiger partial charge in [-0.1, -0.05) is 170 Å². The number of para-hydroxylation sites is 3. The lowest BCUT2D eigenvalue weighted by atomic mass is 9.43. The van der Waals surface area contributed by atoms with Crippen LogP contribution < -0.4 is 4.90 Å². The van der Waals surface area contributed by atoms with E-state index < -0.39 is 0 Å². The van der Waals surface area contributed by atoms with Crippen molar-refractivity contribution in [1.82, 2.24) is 4.57 Å². The molecule has 0 unspecified atom stereocenters. The van der Waals surface area contributed by atoms with Crippen LogP contribution in [0.2, 0.25) is 0 Å². The molecule has 0 aliphatic heterocycles. The summed E-state index contributed by atoms with van der Waals surface area (Å²) in [5, 5.41) is 2.51. The molecule has 5 aliphatic carbocycles. The largest absolute Gasteiger partial charge is 0.310 e. The summed E-state index contributed by atoms with van der Waals surface area (Å²) in [6.07, 6.45) is 6.97. The first-order chi connectivity index (χ1) is 32.7. The maximum atomic E-state index is 2.58. The Morgan fingerprint density at radius 3 is 1.62 bits per heavy atom. The van der Waals surface area contributed by atoms with Crippen LogP contribution in [-0.4, -0.2) is 4.57 Å². The maximum Gasteiger partial charge on any atom is 0.0561 e. The average molecular weight is 847 g/mol. The van der Waals surface area contributed by atoms with E-state index in [2.05, 4.69) is 228 Å².